The Morgan fingerprint density at radius 3 is 2.16 bits per heavy atom. The zero-order valence-electron chi connectivity index (χ0n) is 18.2. The number of nitrogens with one attached hydrogen (secondary N) is 2. The second kappa shape index (κ2) is 10.1. The number of amides is 1. The van der Waals surface area contributed by atoms with Crippen molar-refractivity contribution in [2.75, 3.05) is 0 Å². The Labute approximate surface area is 181 Å². The standard InChI is InChI=1S/C19H29N3O8S/c1-18(2,3)30-17(25)20-19(4,5)12-6-7-15(16(23)24)21-31(28,29)14-10-8-13(9-11-14)22(26)27/h8-11,15,21H,6-7,12H2,1-5H3,(H,20,25)(H,23,24)/t15-/m0/s1. The number of rotatable bonds is 10. The van der Waals surface area contributed by atoms with Crippen molar-refractivity contribution in [3.8, 4) is 0 Å². The normalized spacial score (nSPS) is 13.3. The van der Waals surface area contributed by atoms with Gasteiger partial charge in [-0.25, -0.2) is 13.2 Å². The summed E-state index contributed by atoms with van der Waals surface area (Å²) < 4.78 is 32.2. The number of hydrogen-bond donors (Lipinski definition) is 3. The van der Waals surface area contributed by atoms with E-state index in [1.165, 1.54) is 0 Å². The average molecular weight is 460 g/mol. The maximum absolute atomic E-state index is 12.4. The Morgan fingerprint density at radius 2 is 1.71 bits per heavy atom. The number of aliphatic carboxylic acids is 1. The monoisotopic (exact) mass is 459 g/mol. The number of nitrogens with zero attached hydrogens (tertiary/aromatic N) is 1. The number of alkyl carbamates (subject to hydrolysis) is 1. The van der Waals surface area contributed by atoms with Crippen LogP contribution in [-0.2, 0) is 19.6 Å². The van der Waals surface area contributed by atoms with Crippen molar-refractivity contribution >= 4 is 27.8 Å². The highest BCUT2D eigenvalue weighted by Gasteiger charge is 2.28. The summed E-state index contributed by atoms with van der Waals surface area (Å²) in [5.74, 6) is -1.36. The number of carboxylic acid groups (broad SMARTS) is 1. The van der Waals surface area contributed by atoms with Crippen LogP contribution in [0.4, 0.5) is 10.5 Å². The molecule has 0 aromatic heterocycles. The van der Waals surface area contributed by atoms with Crippen LogP contribution in [0.3, 0.4) is 0 Å². The molecule has 0 bridgehead atoms. The highest BCUT2D eigenvalue weighted by atomic mass is 32.2. The first-order valence-electron chi connectivity index (χ1n) is 9.53. The third-order valence-electron chi connectivity index (χ3n) is 4.09. The molecule has 1 atom stereocenters. The largest absolute Gasteiger partial charge is 0.480 e. The van der Waals surface area contributed by atoms with E-state index in [0.29, 0.717) is 12.8 Å². The van der Waals surface area contributed by atoms with Crippen LogP contribution < -0.4 is 10.0 Å². The van der Waals surface area contributed by atoms with Gasteiger partial charge < -0.3 is 15.2 Å². The van der Waals surface area contributed by atoms with Crippen molar-refractivity contribution < 1.29 is 32.8 Å². The van der Waals surface area contributed by atoms with Gasteiger partial charge >= 0.3 is 12.1 Å². The molecule has 0 unspecified atom stereocenters. The van der Waals surface area contributed by atoms with Gasteiger partial charge in [-0.3, -0.25) is 14.9 Å². The molecule has 0 radical (unpaired) electrons. The van der Waals surface area contributed by atoms with E-state index >= 15 is 0 Å². The van der Waals surface area contributed by atoms with Gasteiger partial charge in [-0.1, -0.05) is 0 Å². The molecule has 0 heterocycles. The molecule has 1 amide bonds. The highest BCUT2D eigenvalue weighted by molar-refractivity contribution is 7.89. The number of ether oxygens (including phenoxy) is 1. The van der Waals surface area contributed by atoms with Crippen molar-refractivity contribution in [2.45, 2.75) is 76.0 Å². The summed E-state index contributed by atoms with van der Waals surface area (Å²) >= 11 is 0. The topological polar surface area (TPSA) is 165 Å². The van der Waals surface area contributed by atoms with Gasteiger partial charge in [0.1, 0.15) is 11.6 Å². The number of benzene rings is 1. The van der Waals surface area contributed by atoms with Gasteiger partial charge in [0.15, 0.2) is 0 Å². The van der Waals surface area contributed by atoms with Crippen LogP contribution in [0.15, 0.2) is 29.2 Å². The van der Waals surface area contributed by atoms with Crippen LogP contribution in [0.5, 0.6) is 0 Å². The fourth-order valence-corrected chi connectivity index (χ4v) is 3.85. The highest BCUT2D eigenvalue weighted by Crippen LogP contribution is 2.19. The van der Waals surface area contributed by atoms with Crippen LogP contribution in [-0.4, -0.2) is 47.7 Å². The number of carbonyl (C=O) groups excluding carboxylic acids is 1. The summed E-state index contributed by atoms with van der Waals surface area (Å²) in [6, 6.07) is 2.71. The summed E-state index contributed by atoms with van der Waals surface area (Å²) in [5, 5.41) is 22.8. The van der Waals surface area contributed by atoms with Gasteiger partial charge in [-0.2, -0.15) is 4.72 Å². The fourth-order valence-electron chi connectivity index (χ4n) is 2.63. The van der Waals surface area contributed by atoms with Crippen LogP contribution >= 0.6 is 0 Å². The minimum absolute atomic E-state index is 0.0268. The van der Waals surface area contributed by atoms with E-state index in [1.54, 1.807) is 34.6 Å². The second-order valence-corrected chi connectivity index (χ2v) is 10.4. The molecule has 11 nitrogen and oxygen atoms in total. The summed E-state index contributed by atoms with van der Waals surface area (Å²) in [6.07, 6.45) is 0.0323. The maximum Gasteiger partial charge on any atom is 0.408 e. The SMILES string of the molecule is CC(C)(CCC[C@H](NS(=O)(=O)c1ccc([N+](=O)[O-])cc1)C(=O)O)NC(=O)OC(C)(C)C. The predicted molar refractivity (Wildman–Crippen MR) is 112 cm³/mol. The number of nitro groups is 1. The van der Waals surface area contributed by atoms with Gasteiger partial charge in [-0.05, 0) is 66.0 Å². The van der Waals surface area contributed by atoms with E-state index in [4.69, 9.17) is 4.74 Å². The van der Waals surface area contributed by atoms with E-state index in [0.717, 1.165) is 24.3 Å². The Bertz CT molecular complexity index is 905. The Hall–Kier alpha value is -2.73. The molecule has 1 rings (SSSR count). The molecule has 12 heteroatoms. The number of carbonyl (C=O) groups is 2. The maximum atomic E-state index is 12.4. The molecule has 0 fully saturated rings. The van der Waals surface area contributed by atoms with Crippen LogP contribution in [0.2, 0.25) is 0 Å². The van der Waals surface area contributed by atoms with Crippen molar-refractivity contribution in [3.05, 3.63) is 34.4 Å². The predicted octanol–water partition coefficient (Wildman–Crippen LogP) is 2.80. The summed E-state index contributed by atoms with van der Waals surface area (Å²) in [5.41, 5.74) is -1.65. The molecule has 0 aliphatic rings. The zero-order chi connectivity index (χ0) is 24.0. The lowest BCUT2D eigenvalue weighted by atomic mass is 9.96. The Balaban J connectivity index is 2.73. The van der Waals surface area contributed by atoms with Crippen molar-refractivity contribution in [1.82, 2.24) is 10.0 Å². The van der Waals surface area contributed by atoms with Gasteiger partial charge in [0, 0.05) is 17.7 Å². The molecule has 1 aromatic rings. The lowest BCUT2D eigenvalue weighted by molar-refractivity contribution is -0.384. The van der Waals surface area contributed by atoms with E-state index < -0.39 is 44.2 Å². The Morgan fingerprint density at radius 1 is 1.16 bits per heavy atom. The van der Waals surface area contributed by atoms with Crippen LogP contribution in [0.1, 0.15) is 53.9 Å². The number of sulfonamides is 1. The molecule has 31 heavy (non-hydrogen) atoms. The van der Waals surface area contributed by atoms with Crippen LogP contribution in [0, 0.1) is 10.1 Å². The number of carboxylic acids is 1. The van der Waals surface area contributed by atoms with Gasteiger partial charge in [0.05, 0.1) is 9.82 Å². The summed E-state index contributed by atoms with van der Waals surface area (Å²) in [4.78, 5) is 33.2. The average Bonchev–Trinajstić information content (AvgIpc) is 2.58. The van der Waals surface area contributed by atoms with Crippen molar-refractivity contribution in [1.29, 1.82) is 0 Å². The van der Waals surface area contributed by atoms with E-state index in [2.05, 4.69) is 10.0 Å². The molecule has 1 aromatic carbocycles. The van der Waals surface area contributed by atoms with Crippen molar-refractivity contribution in [2.24, 2.45) is 0 Å². The number of nitro benzene ring substituents is 1. The summed E-state index contributed by atoms with van der Waals surface area (Å²) in [7, 11) is -4.20. The lowest BCUT2D eigenvalue weighted by Crippen LogP contribution is -2.46. The molecule has 0 spiro atoms. The first kappa shape index (κ1) is 26.3. The molecule has 0 aliphatic heterocycles. The molecule has 3 N–H and O–H groups in total. The third kappa shape index (κ3) is 9.30. The van der Waals surface area contributed by atoms with Gasteiger partial charge in [0.25, 0.3) is 5.69 Å². The molecule has 0 saturated carbocycles. The Kier molecular flexibility index (Phi) is 8.53. The molecule has 174 valence electrons. The summed E-state index contributed by atoms with van der Waals surface area (Å²) in [6.45, 7) is 8.68. The molecule has 0 saturated heterocycles. The third-order valence-corrected chi connectivity index (χ3v) is 5.57. The van der Waals surface area contributed by atoms with Gasteiger partial charge in [0.2, 0.25) is 10.0 Å². The van der Waals surface area contributed by atoms with E-state index in [9.17, 15) is 33.2 Å². The number of hydrogen-bond acceptors (Lipinski definition) is 7. The van der Waals surface area contributed by atoms with Crippen LogP contribution in [0.25, 0.3) is 0 Å². The van der Waals surface area contributed by atoms with Gasteiger partial charge in [-0.15, -0.1) is 0 Å². The zero-order valence-corrected chi connectivity index (χ0v) is 19.0. The lowest BCUT2D eigenvalue weighted by Gasteiger charge is -2.29. The number of non-ortho nitro benzene ring substituents is 1. The molecular formula is C19H29N3O8S. The minimum Gasteiger partial charge on any atom is -0.480 e. The van der Waals surface area contributed by atoms with E-state index in [1.807, 2.05) is 0 Å². The fraction of sp³-hybridized carbons (Fsp3) is 0.579. The van der Waals surface area contributed by atoms with E-state index in [-0.39, 0.29) is 17.0 Å². The van der Waals surface area contributed by atoms with Crippen molar-refractivity contribution in [3.63, 3.8) is 0 Å². The smallest absolute Gasteiger partial charge is 0.408 e. The molecular weight excluding hydrogens is 430 g/mol. The minimum atomic E-state index is -4.20. The molecule has 0 aliphatic carbocycles. The first-order chi connectivity index (χ1) is 14.0. The second-order valence-electron chi connectivity index (χ2n) is 8.67. The first-order valence-corrected chi connectivity index (χ1v) is 11.0. The quantitative estimate of drug-likeness (QED) is 0.355.